The van der Waals surface area contributed by atoms with Crippen LogP contribution in [-0.4, -0.2) is 17.6 Å². The van der Waals surface area contributed by atoms with E-state index in [1.165, 1.54) is 12.8 Å². The van der Waals surface area contributed by atoms with Crippen LogP contribution in [-0.2, 0) is 5.88 Å². The van der Waals surface area contributed by atoms with Gasteiger partial charge in [-0.1, -0.05) is 12.1 Å². The second-order valence-corrected chi connectivity index (χ2v) is 4.06. The second-order valence-electron chi connectivity index (χ2n) is 3.79. The van der Waals surface area contributed by atoms with Crippen molar-refractivity contribution in [2.75, 3.05) is 11.4 Å². The summed E-state index contributed by atoms with van der Waals surface area (Å²) in [5.74, 6) is 1.54. The van der Waals surface area contributed by atoms with Gasteiger partial charge in [0.25, 0.3) is 0 Å². The van der Waals surface area contributed by atoms with Crippen molar-refractivity contribution in [2.24, 2.45) is 0 Å². The normalized spacial score (nSPS) is 15.0. The van der Waals surface area contributed by atoms with Gasteiger partial charge in [-0.2, -0.15) is 0 Å². The summed E-state index contributed by atoms with van der Waals surface area (Å²) < 4.78 is 0. The Morgan fingerprint density at radius 2 is 2.40 bits per heavy atom. The first-order valence-electron chi connectivity index (χ1n) is 5.24. The third-order valence-corrected chi connectivity index (χ3v) is 2.88. The molecule has 0 bridgehead atoms. The van der Waals surface area contributed by atoms with Gasteiger partial charge in [-0.15, -0.1) is 18.2 Å². The van der Waals surface area contributed by atoms with Crippen LogP contribution >= 0.6 is 11.6 Å². The average Bonchev–Trinajstić information content (AvgIpc) is 3.10. The molecule has 1 heterocycles. The number of hydrogen-bond acceptors (Lipinski definition) is 2. The van der Waals surface area contributed by atoms with E-state index in [2.05, 4.69) is 16.5 Å². The fourth-order valence-electron chi connectivity index (χ4n) is 1.73. The molecule has 1 saturated carbocycles. The fraction of sp³-hybridized carbons (Fsp3) is 0.417. The first-order valence-corrected chi connectivity index (χ1v) is 5.77. The van der Waals surface area contributed by atoms with Crippen LogP contribution in [0.15, 0.2) is 31.0 Å². The molecule has 0 saturated heterocycles. The quantitative estimate of drug-likeness (QED) is 0.563. The number of rotatable bonds is 5. The molecule has 0 spiro atoms. The Morgan fingerprint density at radius 1 is 1.60 bits per heavy atom. The molecule has 15 heavy (non-hydrogen) atoms. The number of alkyl halides is 1. The zero-order valence-corrected chi connectivity index (χ0v) is 9.45. The highest BCUT2D eigenvalue weighted by molar-refractivity contribution is 6.17. The van der Waals surface area contributed by atoms with E-state index in [-0.39, 0.29) is 0 Å². The summed E-state index contributed by atoms with van der Waals surface area (Å²) in [5, 5.41) is 0. The average molecular weight is 223 g/mol. The minimum Gasteiger partial charge on any atom is -0.350 e. The van der Waals surface area contributed by atoms with Crippen LogP contribution in [0.25, 0.3) is 0 Å². The van der Waals surface area contributed by atoms with Crippen molar-refractivity contribution in [1.29, 1.82) is 0 Å². The summed E-state index contributed by atoms with van der Waals surface area (Å²) in [6.45, 7) is 4.64. The lowest BCUT2D eigenvalue weighted by atomic mass is 10.2. The number of anilines is 1. The lowest BCUT2D eigenvalue weighted by Crippen LogP contribution is -2.27. The Bertz CT molecular complexity index is 347. The number of halogens is 1. The molecule has 1 fully saturated rings. The topological polar surface area (TPSA) is 16.1 Å². The van der Waals surface area contributed by atoms with E-state index in [0.717, 1.165) is 17.9 Å². The molecule has 1 aromatic heterocycles. The van der Waals surface area contributed by atoms with Crippen LogP contribution in [0.5, 0.6) is 0 Å². The van der Waals surface area contributed by atoms with Crippen LogP contribution in [0.1, 0.15) is 18.4 Å². The maximum absolute atomic E-state index is 5.91. The third-order valence-electron chi connectivity index (χ3n) is 2.60. The Labute approximate surface area is 95.6 Å². The molecule has 0 unspecified atom stereocenters. The van der Waals surface area contributed by atoms with Crippen molar-refractivity contribution in [1.82, 2.24) is 4.98 Å². The van der Waals surface area contributed by atoms with E-state index in [1.807, 2.05) is 24.4 Å². The summed E-state index contributed by atoms with van der Waals surface area (Å²) in [4.78, 5) is 6.72. The molecule has 0 amide bonds. The van der Waals surface area contributed by atoms with Crippen LogP contribution in [0.2, 0.25) is 0 Å². The lowest BCUT2D eigenvalue weighted by molar-refractivity contribution is 0.834. The molecule has 1 aliphatic rings. The predicted molar refractivity (Wildman–Crippen MR) is 64.4 cm³/mol. The first-order chi connectivity index (χ1) is 7.36. The molecular formula is C12H15ClN2. The van der Waals surface area contributed by atoms with Gasteiger partial charge in [-0.25, -0.2) is 4.98 Å². The van der Waals surface area contributed by atoms with Crippen molar-refractivity contribution in [3.05, 3.63) is 36.5 Å². The van der Waals surface area contributed by atoms with Crippen molar-refractivity contribution >= 4 is 17.4 Å². The highest BCUT2D eigenvalue weighted by Crippen LogP contribution is 2.32. The minimum absolute atomic E-state index is 0.517. The van der Waals surface area contributed by atoms with E-state index in [1.54, 1.807) is 0 Å². The highest BCUT2D eigenvalue weighted by Gasteiger charge is 2.30. The molecule has 0 atom stereocenters. The van der Waals surface area contributed by atoms with Gasteiger partial charge in [-0.05, 0) is 18.9 Å². The Morgan fingerprint density at radius 3 is 3.00 bits per heavy atom. The Balaban J connectivity index is 2.27. The van der Waals surface area contributed by atoms with Crippen molar-refractivity contribution in [3.63, 3.8) is 0 Å². The van der Waals surface area contributed by atoms with Gasteiger partial charge in [0.1, 0.15) is 5.82 Å². The molecule has 0 N–H and O–H groups in total. The molecule has 1 aromatic rings. The number of pyridine rings is 1. The van der Waals surface area contributed by atoms with Crippen molar-refractivity contribution in [2.45, 2.75) is 24.8 Å². The van der Waals surface area contributed by atoms with E-state index < -0.39 is 0 Å². The van der Waals surface area contributed by atoms with Gasteiger partial charge in [0.2, 0.25) is 0 Å². The molecule has 0 aromatic carbocycles. The molecule has 0 aliphatic heterocycles. The molecule has 3 heteroatoms. The fourth-order valence-corrected chi connectivity index (χ4v) is 1.94. The molecule has 2 rings (SSSR count). The molecule has 0 radical (unpaired) electrons. The van der Waals surface area contributed by atoms with Crippen molar-refractivity contribution in [3.8, 4) is 0 Å². The predicted octanol–water partition coefficient (Wildman–Crippen LogP) is 2.98. The van der Waals surface area contributed by atoms with E-state index in [9.17, 15) is 0 Å². The third kappa shape index (κ3) is 2.32. The second kappa shape index (κ2) is 4.67. The van der Waals surface area contributed by atoms with Gasteiger partial charge in [-0.3, -0.25) is 0 Å². The SMILES string of the molecule is C=CCN(c1ncccc1CCl)C1CC1. The first kappa shape index (κ1) is 10.5. The maximum atomic E-state index is 5.91. The van der Waals surface area contributed by atoms with Crippen LogP contribution in [0, 0.1) is 0 Å². The number of hydrogen-bond donors (Lipinski definition) is 0. The van der Waals surface area contributed by atoms with Gasteiger partial charge < -0.3 is 4.90 Å². The summed E-state index contributed by atoms with van der Waals surface area (Å²) in [6, 6.07) is 4.61. The number of aromatic nitrogens is 1. The van der Waals surface area contributed by atoms with E-state index >= 15 is 0 Å². The van der Waals surface area contributed by atoms with Gasteiger partial charge in [0.15, 0.2) is 0 Å². The zero-order valence-electron chi connectivity index (χ0n) is 8.69. The number of nitrogens with zero attached hydrogens (tertiary/aromatic N) is 2. The smallest absolute Gasteiger partial charge is 0.133 e. The zero-order chi connectivity index (χ0) is 10.7. The summed E-state index contributed by atoms with van der Waals surface area (Å²) in [6.07, 6.45) is 6.26. The van der Waals surface area contributed by atoms with E-state index in [0.29, 0.717) is 11.9 Å². The largest absolute Gasteiger partial charge is 0.350 e. The summed E-state index contributed by atoms with van der Waals surface area (Å²) >= 11 is 5.91. The molecule has 2 nitrogen and oxygen atoms in total. The summed E-state index contributed by atoms with van der Waals surface area (Å²) in [5.41, 5.74) is 1.10. The maximum Gasteiger partial charge on any atom is 0.133 e. The molecule has 1 aliphatic carbocycles. The van der Waals surface area contributed by atoms with Gasteiger partial charge >= 0.3 is 0 Å². The van der Waals surface area contributed by atoms with Gasteiger partial charge in [0.05, 0.1) is 5.88 Å². The summed E-state index contributed by atoms with van der Waals surface area (Å²) in [7, 11) is 0. The lowest BCUT2D eigenvalue weighted by Gasteiger charge is -2.23. The Hall–Kier alpha value is -1.02. The standard InChI is InChI=1S/C12H15ClN2/c1-2-8-15(11-5-6-11)12-10(9-13)4-3-7-14-12/h2-4,7,11H,1,5-6,8-9H2. The van der Waals surface area contributed by atoms with Crippen LogP contribution in [0.3, 0.4) is 0 Å². The molecule has 80 valence electrons. The monoisotopic (exact) mass is 222 g/mol. The van der Waals surface area contributed by atoms with Crippen molar-refractivity contribution < 1.29 is 0 Å². The van der Waals surface area contributed by atoms with Gasteiger partial charge in [0, 0.05) is 24.3 Å². The minimum atomic E-state index is 0.517. The Kier molecular flexibility index (Phi) is 3.27. The van der Waals surface area contributed by atoms with E-state index in [4.69, 9.17) is 11.6 Å². The van der Waals surface area contributed by atoms with Crippen LogP contribution < -0.4 is 4.90 Å². The van der Waals surface area contributed by atoms with Crippen LogP contribution in [0.4, 0.5) is 5.82 Å². The highest BCUT2D eigenvalue weighted by atomic mass is 35.5. The molecular weight excluding hydrogens is 208 g/mol.